The first-order valence-electron chi connectivity index (χ1n) is 11.9. The lowest BCUT2D eigenvalue weighted by Gasteiger charge is -2.28. The van der Waals surface area contributed by atoms with Crippen LogP contribution in [-0.4, -0.2) is 49.9 Å². The van der Waals surface area contributed by atoms with Crippen LogP contribution < -0.4 is 0 Å². The predicted octanol–water partition coefficient (Wildman–Crippen LogP) is 4.19. The van der Waals surface area contributed by atoms with Gasteiger partial charge in [0.05, 0.1) is 17.4 Å². The van der Waals surface area contributed by atoms with E-state index in [1.54, 1.807) is 6.20 Å². The first-order chi connectivity index (χ1) is 15.9. The maximum absolute atomic E-state index is 14.0. The third kappa shape index (κ3) is 4.20. The number of imidazole rings is 1. The zero-order valence-electron chi connectivity index (χ0n) is 19.8. The molecule has 2 aliphatic heterocycles. The summed E-state index contributed by atoms with van der Waals surface area (Å²) in [7, 11) is 0. The standard InChI is InChI=1S/C27H33N5O/c1-20(2)32-17-25(29-19-32)24-16-30(14-22-7-4-6-21(3)12-22)18-27(24)9-11-31(26(27)33)15-23-8-5-10-28-13-23/h4-8,10,12-13,17,19-20,24H,9,11,14-16,18H2,1-3H3. The Hall–Kier alpha value is -2.99. The van der Waals surface area contributed by atoms with Crippen LogP contribution in [0.25, 0.3) is 0 Å². The number of aromatic nitrogens is 3. The van der Waals surface area contributed by atoms with Crippen molar-refractivity contribution in [3.8, 4) is 0 Å². The minimum absolute atomic E-state index is 0.105. The third-order valence-electron chi connectivity index (χ3n) is 7.31. The number of benzene rings is 1. The topological polar surface area (TPSA) is 54.3 Å². The van der Waals surface area contributed by atoms with Crippen LogP contribution >= 0.6 is 0 Å². The molecule has 0 aliphatic carbocycles. The zero-order valence-corrected chi connectivity index (χ0v) is 19.8. The van der Waals surface area contributed by atoms with Gasteiger partial charge in [-0.3, -0.25) is 14.7 Å². The van der Waals surface area contributed by atoms with Crippen molar-refractivity contribution < 1.29 is 4.79 Å². The summed E-state index contributed by atoms with van der Waals surface area (Å²) >= 11 is 0. The summed E-state index contributed by atoms with van der Waals surface area (Å²) in [4.78, 5) is 27.5. The van der Waals surface area contributed by atoms with Crippen molar-refractivity contribution in [2.75, 3.05) is 19.6 Å². The van der Waals surface area contributed by atoms with Gasteiger partial charge in [0.1, 0.15) is 0 Å². The molecule has 6 nitrogen and oxygen atoms in total. The maximum atomic E-state index is 14.0. The van der Waals surface area contributed by atoms with E-state index < -0.39 is 5.41 Å². The van der Waals surface area contributed by atoms with Gasteiger partial charge in [-0.05, 0) is 44.4 Å². The van der Waals surface area contributed by atoms with Gasteiger partial charge in [-0.15, -0.1) is 0 Å². The number of hydrogen-bond donors (Lipinski definition) is 0. The zero-order chi connectivity index (χ0) is 23.0. The minimum atomic E-state index is -0.414. The average Bonchev–Trinajstić information content (AvgIpc) is 3.49. The summed E-state index contributed by atoms with van der Waals surface area (Å²) in [6, 6.07) is 13.0. The fourth-order valence-electron chi connectivity index (χ4n) is 5.58. The Morgan fingerprint density at radius 1 is 1.15 bits per heavy atom. The van der Waals surface area contributed by atoms with Crippen LogP contribution in [0, 0.1) is 12.3 Å². The van der Waals surface area contributed by atoms with Crippen molar-refractivity contribution >= 4 is 5.91 Å². The summed E-state index contributed by atoms with van der Waals surface area (Å²) in [5.41, 5.74) is 4.29. The molecule has 0 saturated carbocycles. The van der Waals surface area contributed by atoms with Gasteiger partial charge in [-0.25, -0.2) is 4.98 Å². The smallest absolute Gasteiger partial charge is 0.231 e. The molecule has 0 bridgehead atoms. The van der Waals surface area contributed by atoms with Crippen molar-refractivity contribution in [1.82, 2.24) is 24.3 Å². The highest BCUT2D eigenvalue weighted by molar-refractivity contribution is 5.86. The molecule has 33 heavy (non-hydrogen) atoms. The number of rotatable bonds is 6. The predicted molar refractivity (Wildman–Crippen MR) is 129 cm³/mol. The second-order valence-electron chi connectivity index (χ2n) is 10.0. The second-order valence-corrected chi connectivity index (χ2v) is 10.0. The monoisotopic (exact) mass is 443 g/mol. The molecule has 2 unspecified atom stereocenters. The maximum Gasteiger partial charge on any atom is 0.231 e. The van der Waals surface area contributed by atoms with Gasteiger partial charge in [-0.1, -0.05) is 35.9 Å². The molecule has 1 spiro atoms. The number of amides is 1. The molecule has 2 atom stereocenters. The quantitative estimate of drug-likeness (QED) is 0.573. The highest BCUT2D eigenvalue weighted by atomic mass is 16.2. The summed E-state index contributed by atoms with van der Waals surface area (Å²) in [6.45, 7) is 10.4. The number of carbonyl (C=O) groups is 1. The number of hydrogen-bond acceptors (Lipinski definition) is 4. The number of aryl methyl sites for hydroxylation is 1. The fourth-order valence-corrected chi connectivity index (χ4v) is 5.58. The van der Waals surface area contributed by atoms with Crippen LogP contribution in [0.5, 0.6) is 0 Å². The van der Waals surface area contributed by atoms with Crippen LogP contribution in [0.15, 0.2) is 61.3 Å². The highest BCUT2D eigenvalue weighted by Gasteiger charge is 2.57. The lowest BCUT2D eigenvalue weighted by atomic mass is 9.75. The Bertz CT molecular complexity index is 1120. The van der Waals surface area contributed by atoms with E-state index in [0.717, 1.165) is 43.9 Å². The van der Waals surface area contributed by atoms with E-state index in [1.807, 2.05) is 29.6 Å². The molecule has 6 heteroatoms. The molecule has 172 valence electrons. The van der Waals surface area contributed by atoms with E-state index in [2.05, 4.69) is 65.7 Å². The first kappa shape index (κ1) is 21.8. The molecule has 2 aromatic heterocycles. The van der Waals surface area contributed by atoms with Gasteiger partial charge in [0.2, 0.25) is 5.91 Å². The van der Waals surface area contributed by atoms with E-state index in [0.29, 0.717) is 12.6 Å². The van der Waals surface area contributed by atoms with Crippen LogP contribution in [0.3, 0.4) is 0 Å². The van der Waals surface area contributed by atoms with E-state index in [9.17, 15) is 4.79 Å². The number of nitrogens with zero attached hydrogens (tertiary/aromatic N) is 5. The molecular formula is C27H33N5O. The molecule has 3 aromatic rings. The van der Waals surface area contributed by atoms with E-state index >= 15 is 0 Å². The van der Waals surface area contributed by atoms with Gasteiger partial charge < -0.3 is 9.47 Å². The average molecular weight is 444 g/mol. The Kier molecular flexibility index (Phi) is 5.79. The van der Waals surface area contributed by atoms with Crippen LogP contribution in [0.2, 0.25) is 0 Å². The summed E-state index contributed by atoms with van der Waals surface area (Å²) in [5, 5.41) is 0. The van der Waals surface area contributed by atoms with Crippen LogP contribution in [-0.2, 0) is 17.9 Å². The van der Waals surface area contributed by atoms with Gasteiger partial charge in [0.15, 0.2) is 0 Å². The normalized spacial score (nSPS) is 23.3. The van der Waals surface area contributed by atoms with Crippen LogP contribution in [0.1, 0.15) is 54.6 Å². The van der Waals surface area contributed by atoms with E-state index in [1.165, 1.54) is 11.1 Å². The SMILES string of the molecule is Cc1cccc(CN2CC(c3cn(C(C)C)cn3)C3(CCN(Cc4cccnc4)C3=O)C2)c1. The molecule has 4 heterocycles. The van der Waals surface area contributed by atoms with Crippen molar-refractivity contribution in [3.05, 3.63) is 83.7 Å². The number of likely N-dealkylation sites (tertiary alicyclic amines) is 2. The van der Waals surface area contributed by atoms with Crippen molar-refractivity contribution in [3.63, 3.8) is 0 Å². The lowest BCUT2D eigenvalue weighted by Crippen LogP contribution is -2.39. The van der Waals surface area contributed by atoms with Crippen molar-refractivity contribution in [2.45, 2.75) is 52.2 Å². The highest BCUT2D eigenvalue weighted by Crippen LogP contribution is 2.50. The Labute approximate surface area is 196 Å². The first-order valence-corrected chi connectivity index (χ1v) is 11.9. The second kappa shape index (κ2) is 8.75. The summed E-state index contributed by atoms with van der Waals surface area (Å²) in [6.07, 6.45) is 8.58. The van der Waals surface area contributed by atoms with E-state index in [-0.39, 0.29) is 11.8 Å². The molecule has 5 rings (SSSR count). The Morgan fingerprint density at radius 2 is 2.00 bits per heavy atom. The van der Waals surface area contributed by atoms with Gasteiger partial charge in [0.25, 0.3) is 0 Å². The largest absolute Gasteiger partial charge is 0.338 e. The van der Waals surface area contributed by atoms with E-state index in [4.69, 9.17) is 4.98 Å². The van der Waals surface area contributed by atoms with Gasteiger partial charge >= 0.3 is 0 Å². The molecule has 0 radical (unpaired) electrons. The lowest BCUT2D eigenvalue weighted by molar-refractivity contribution is -0.136. The third-order valence-corrected chi connectivity index (χ3v) is 7.31. The summed E-state index contributed by atoms with van der Waals surface area (Å²) in [5.74, 6) is 0.371. The number of carbonyl (C=O) groups excluding carboxylic acids is 1. The molecule has 0 N–H and O–H groups in total. The van der Waals surface area contributed by atoms with Gasteiger partial charge in [0, 0.05) is 63.3 Å². The molecule has 2 aliphatic rings. The van der Waals surface area contributed by atoms with Crippen molar-refractivity contribution in [2.24, 2.45) is 5.41 Å². The Morgan fingerprint density at radius 3 is 2.73 bits per heavy atom. The Balaban J connectivity index is 1.43. The molecule has 2 saturated heterocycles. The molecule has 1 amide bonds. The molecule has 1 aromatic carbocycles. The molecular weight excluding hydrogens is 410 g/mol. The van der Waals surface area contributed by atoms with Gasteiger partial charge in [-0.2, -0.15) is 0 Å². The van der Waals surface area contributed by atoms with Crippen LogP contribution in [0.4, 0.5) is 0 Å². The minimum Gasteiger partial charge on any atom is -0.338 e. The number of pyridine rings is 1. The molecule has 2 fully saturated rings. The summed E-state index contributed by atoms with van der Waals surface area (Å²) < 4.78 is 2.15. The van der Waals surface area contributed by atoms with Crippen molar-refractivity contribution in [1.29, 1.82) is 0 Å². The fraction of sp³-hybridized carbons (Fsp3) is 0.444.